The lowest BCUT2D eigenvalue weighted by Crippen LogP contribution is -2.42. The highest BCUT2D eigenvalue weighted by Crippen LogP contribution is 2.19. The molecule has 24 heavy (non-hydrogen) atoms. The van der Waals surface area contributed by atoms with Crippen LogP contribution in [0.3, 0.4) is 0 Å². The van der Waals surface area contributed by atoms with Gasteiger partial charge in [0.25, 0.3) is 0 Å². The Morgan fingerprint density at radius 2 is 2.21 bits per heavy atom. The van der Waals surface area contributed by atoms with Crippen LogP contribution in [0, 0.1) is 11.3 Å². The van der Waals surface area contributed by atoms with Gasteiger partial charge in [0.2, 0.25) is 0 Å². The van der Waals surface area contributed by atoms with Gasteiger partial charge in [-0.25, -0.2) is 10.2 Å². The Hall–Kier alpha value is -2.54. The van der Waals surface area contributed by atoms with Crippen molar-refractivity contribution in [3.05, 3.63) is 47.8 Å². The first kappa shape index (κ1) is 17.8. The van der Waals surface area contributed by atoms with Crippen LogP contribution in [-0.2, 0) is 11.3 Å². The minimum Gasteiger partial charge on any atom is -0.445 e. The van der Waals surface area contributed by atoms with Crippen LogP contribution < -0.4 is 16.6 Å². The van der Waals surface area contributed by atoms with E-state index in [0.29, 0.717) is 24.6 Å². The predicted octanol–water partition coefficient (Wildman–Crippen LogP) is 1.58. The van der Waals surface area contributed by atoms with Crippen molar-refractivity contribution < 1.29 is 9.53 Å². The van der Waals surface area contributed by atoms with E-state index in [0.717, 1.165) is 18.4 Å². The summed E-state index contributed by atoms with van der Waals surface area (Å²) in [6, 6.07) is 9.59. The summed E-state index contributed by atoms with van der Waals surface area (Å²) < 4.78 is 5.37. The summed E-state index contributed by atoms with van der Waals surface area (Å²) >= 11 is 0. The van der Waals surface area contributed by atoms with E-state index in [2.05, 4.69) is 10.9 Å². The second-order valence-electron chi connectivity index (χ2n) is 5.76. The van der Waals surface area contributed by atoms with Gasteiger partial charge in [0.15, 0.2) is 0 Å². The van der Waals surface area contributed by atoms with Crippen molar-refractivity contribution in [2.24, 2.45) is 11.7 Å². The number of rotatable bonds is 6. The van der Waals surface area contributed by atoms with Crippen molar-refractivity contribution in [2.75, 3.05) is 20.1 Å². The number of nitrogens with two attached hydrogens (primary N) is 1. The maximum absolute atomic E-state index is 12.2. The Kier molecular flexibility index (Phi) is 6.62. The van der Waals surface area contributed by atoms with Gasteiger partial charge < -0.3 is 26.2 Å². The Bertz CT molecular complexity index is 588. The first-order valence-corrected chi connectivity index (χ1v) is 8.04. The third-order valence-corrected chi connectivity index (χ3v) is 3.90. The zero-order valence-electron chi connectivity index (χ0n) is 13.9. The fourth-order valence-electron chi connectivity index (χ4n) is 2.67. The summed E-state index contributed by atoms with van der Waals surface area (Å²) in [7, 11) is 1.70. The molecule has 0 bridgehead atoms. The van der Waals surface area contributed by atoms with Gasteiger partial charge >= 0.3 is 6.09 Å². The molecule has 2 rings (SSSR count). The van der Waals surface area contributed by atoms with Gasteiger partial charge in [-0.2, -0.15) is 0 Å². The molecule has 1 atom stereocenters. The van der Waals surface area contributed by atoms with Crippen molar-refractivity contribution in [1.82, 2.24) is 15.8 Å². The van der Waals surface area contributed by atoms with Crippen LogP contribution in [-0.4, -0.2) is 36.8 Å². The van der Waals surface area contributed by atoms with Gasteiger partial charge in [0.05, 0.1) is 0 Å². The Balaban J connectivity index is 1.86. The Morgan fingerprint density at radius 3 is 2.92 bits per heavy atom. The van der Waals surface area contributed by atoms with E-state index in [1.54, 1.807) is 18.0 Å². The highest BCUT2D eigenvalue weighted by atomic mass is 16.6. The number of ether oxygens (including phenoxy) is 1. The summed E-state index contributed by atoms with van der Waals surface area (Å²) in [5.41, 5.74) is 12.6. The molecule has 7 heteroatoms. The maximum atomic E-state index is 12.2. The van der Waals surface area contributed by atoms with Crippen molar-refractivity contribution in [1.29, 1.82) is 5.41 Å². The minimum atomic E-state index is -0.332. The van der Waals surface area contributed by atoms with Crippen molar-refractivity contribution in [3.8, 4) is 0 Å². The average molecular weight is 331 g/mol. The number of nitrogens with zero attached hydrogens (tertiary/aromatic N) is 1. The number of benzene rings is 1. The Labute approximate surface area is 142 Å². The van der Waals surface area contributed by atoms with E-state index in [4.69, 9.17) is 15.9 Å². The molecule has 1 aromatic rings. The lowest BCUT2D eigenvalue weighted by atomic mass is 9.93. The number of hydrogen-bond acceptors (Lipinski definition) is 6. The van der Waals surface area contributed by atoms with Gasteiger partial charge in [0.1, 0.15) is 12.4 Å². The summed E-state index contributed by atoms with van der Waals surface area (Å²) in [6.45, 7) is 1.40. The number of hydrazine groups is 1. The molecule has 0 aromatic heterocycles. The molecule has 130 valence electrons. The molecule has 1 fully saturated rings. The molecule has 1 amide bonds. The molecule has 0 spiro atoms. The molecule has 5 N–H and O–H groups in total. The third kappa shape index (κ3) is 5.27. The monoisotopic (exact) mass is 331 g/mol. The standard InChI is InChI=1S/C17H25N5O2/c1-20-21-16(19)10-15(18)14-8-5-9-22(11-14)17(23)24-12-13-6-3-2-4-7-13/h2-4,6-7,10,14,18,20-21H,5,8-9,11-12,19H2,1H3/b16-10-,18-15?. The molecular formula is C17H25N5O2. The van der Waals surface area contributed by atoms with Gasteiger partial charge in [0, 0.05) is 37.8 Å². The molecule has 1 aromatic carbocycles. The molecule has 7 nitrogen and oxygen atoms in total. The molecule has 0 aliphatic carbocycles. The van der Waals surface area contributed by atoms with E-state index >= 15 is 0 Å². The smallest absolute Gasteiger partial charge is 0.410 e. The number of piperidine rings is 1. The fraction of sp³-hybridized carbons (Fsp3) is 0.412. The molecule has 1 unspecified atom stereocenters. The maximum Gasteiger partial charge on any atom is 0.410 e. The first-order valence-electron chi connectivity index (χ1n) is 8.04. The van der Waals surface area contributed by atoms with Crippen molar-refractivity contribution >= 4 is 11.8 Å². The van der Waals surface area contributed by atoms with E-state index in [9.17, 15) is 4.79 Å². The van der Waals surface area contributed by atoms with Crippen molar-refractivity contribution in [3.63, 3.8) is 0 Å². The van der Waals surface area contributed by atoms with E-state index in [1.807, 2.05) is 30.3 Å². The SMILES string of the molecule is CNN/C(N)=C\C(=N)C1CCCN(C(=O)OCc2ccccc2)C1. The van der Waals surface area contributed by atoms with Crippen molar-refractivity contribution in [2.45, 2.75) is 19.4 Å². The van der Waals surface area contributed by atoms with Gasteiger partial charge in [-0.1, -0.05) is 30.3 Å². The number of hydrogen-bond donors (Lipinski definition) is 4. The molecule has 0 radical (unpaired) electrons. The topological polar surface area (TPSA) is 103 Å². The molecule has 1 heterocycles. The zero-order valence-corrected chi connectivity index (χ0v) is 13.9. The second kappa shape index (κ2) is 8.93. The van der Waals surface area contributed by atoms with Gasteiger partial charge in [-0.05, 0) is 18.4 Å². The first-order chi connectivity index (χ1) is 11.6. The number of nitrogens with one attached hydrogen (secondary N) is 3. The molecule has 1 aliphatic heterocycles. The largest absolute Gasteiger partial charge is 0.445 e. The number of amides is 1. The van der Waals surface area contributed by atoms with E-state index < -0.39 is 0 Å². The quantitative estimate of drug-likeness (QED) is 0.468. The van der Waals surface area contributed by atoms with Gasteiger partial charge in [-0.3, -0.25) is 0 Å². The van der Waals surface area contributed by atoms with E-state index in [1.165, 1.54) is 0 Å². The number of carbonyl (C=O) groups is 1. The summed E-state index contributed by atoms with van der Waals surface area (Å²) in [5.74, 6) is 0.353. The molecule has 1 saturated heterocycles. The Morgan fingerprint density at radius 1 is 1.46 bits per heavy atom. The minimum absolute atomic E-state index is 0.0276. The number of likely N-dealkylation sites (tertiary alicyclic amines) is 1. The van der Waals surface area contributed by atoms with E-state index in [-0.39, 0.29) is 18.6 Å². The lowest BCUT2D eigenvalue weighted by Gasteiger charge is -2.31. The second-order valence-corrected chi connectivity index (χ2v) is 5.76. The fourth-order valence-corrected chi connectivity index (χ4v) is 2.67. The summed E-state index contributed by atoms with van der Waals surface area (Å²) in [5, 5.41) is 8.16. The molecule has 0 saturated carbocycles. The normalized spacial score (nSPS) is 18.1. The van der Waals surface area contributed by atoms with Crippen LogP contribution in [0.2, 0.25) is 0 Å². The average Bonchev–Trinajstić information content (AvgIpc) is 2.61. The molecular weight excluding hydrogens is 306 g/mol. The zero-order chi connectivity index (χ0) is 17.4. The summed E-state index contributed by atoms with van der Waals surface area (Å²) in [4.78, 5) is 13.9. The van der Waals surface area contributed by atoms with Crippen LogP contribution in [0.5, 0.6) is 0 Å². The van der Waals surface area contributed by atoms with Crippen LogP contribution in [0.15, 0.2) is 42.2 Å². The molecule has 1 aliphatic rings. The highest BCUT2D eigenvalue weighted by Gasteiger charge is 2.26. The van der Waals surface area contributed by atoms with Crippen LogP contribution in [0.25, 0.3) is 0 Å². The number of allylic oxidation sites excluding steroid dienone is 1. The van der Waals surface area contributed by atoms with Crippen LogP contribution >= 0.6 is 0 Å². The lowest BCUT2D eigenvalue weighted by molar-refractivity contribution is 0.0851. The van der Waals surface area contributed by atoms with Crippen LogP contribution in [0.4, 0.5) is 4.79 Å². The van der Waals surface area contributed by atoms with Gasteiger partial charge in [-0.15, -0.1) is 0 Å². The highest BCUT2D eigenvalue weighted by molar-refractivity contribution is 5.95. The predicted molar refractivity (Wildman–Crippen MR) is 93.1 cm³/mol. The number of carbonyl (C=O) groups excluding carboxylic acids is 1. The third-order valence-electron chi connectivity index (χ3n) is 3.90. The summed E-state index contributed by atoms with van der Waals surface area (Å²) in [6.07, 6.45) is 2.97. The van der Waals surface area contributed by atoms with Crippen LogP contribution in [0.1, 0.15) is 18.4 Å².